The van der Waals surface area contributed by atoms with Crippen LogP contribution in [-0.2, 0) is 0 Å². The molecule has 0 saturated heterocycles. The summed E-state index contributed by atoms with van der Waals surface area (Å²) in [4.78, 5) is 5.02. The van der Waals surface area contributed by atoms with Gasteiger partial charge in [0.25, 0.3) is 0 Å². The summed E-state index contributed by atoms with van der Waals surface area (Å²) in [6.45, 7) is 4.42. The first-order valence-corrected chi connectivity index (χ1v) is 15.9. The van der Waals surface area contributed by atoms with Crippen molar-refractivity contribution in [1.82, 2.24) is 9.80 Å². The largest absolute Gasteiger partial charge is 0.305 e. The van der Waals surface area contributed by atoms with Crippen molar-refractivity contribution in [3.63, 3.8) is 0 Å². The average Bonchev–Trinajstić information content (AvgIpc) is 2.94. The maximum Gasteiger partial charge on any atom is 0.0106 e. The Bertz CT molecular complexity index is 952. The molecule has 0 bridgehead atoms. The van der Waals surface area contributed by atoms with Crippen molar-refractivity contribution >= 4 is 37.1 Å². The molecule has 36 heavy (non-hydrogen) atoms. The predicted molar refractivity (Wildman–Crippen MR) is 163 cm³/mol. The molecule has 0 spiro atoms. The van der Waals surface area contributed by atoms with E-state index >= 15 is 0 Å². The van der Waals surface area contributed by atoms with Crippen molar-refractivity contribution in [2.75, 3.05) is 52.6 Å². The second-order valence-corrected chi connectivity index (χ2v) is 13.9. The van der Waals surface area contributed by atoms with E-state index in [0.717, 1.165) is 26.2 Å². The lowest BCUT2D eigenvalue weighted by molar-refractivity contribution is 0.273. The average molecular weight is 513 g/mol. The van der Waals surface area contributed by atoms with Gasteiger partial charge in [-0.2, -0.15) is 0 Å². The molecule has 0 aliphatic carbocycles. The summed E-state index contributed by atoms with van der Waals surface area (Å²) in [5, 5.41) is 5.89. The van der Waals surface area contributed by atoms with Crippen LogP contribution in [0.15, 0.2) is 121 Å². The van der Waals surface area contributed by atoms with Gasteiger partial charge in [-0.1, -0.05) is 121 Å². The lowest BCUT2D eigenvalue weighted by Crippen LogP contribution is -2.34. The molecule has 0 heterocycles. The van der Waals surface area contributed by atoms with E-state index in [9.17, 15) is 0 Å². The molecule has 0 radical (unpaired) electrons. The molecular formula is C32H38N2P2. The van der Waals surface area contributed by atoms with Crippen LogP contribution in [0.2, 0.25) is 0 Å². The highest BCUT2D eigenvalue weighted by molar-refractivity contribution is 7.73. The quantitative estimate of drug-likeness (QED) is 0.230. The molecule has 0 unspecified atom stereocenters. The second kappa shape index (κ2) is 14.4. The van der Waals surface area contributed by atoms with Gasteiger partial charge in [0, 0.05) is 26.2 Å². The molecule has 186 valence electrons. The Balaban J connectivity index is 1.28. The first-order chi connectivity index (χ1) is 17.7. The molecule has 0 amide bonds. The summed E-state index contributed by atoms with van der Waals surface area (Å²) in [6, 6.07) is 44.2. The number of hydrogen-bond donors (Lipinski definition) is 0. The first kappa shape index (κ1) is 26.7. The molecule has 0 atom stereocenters. The second-order valence-electron chi connectivity index (χ2n) is 9.25. The van der Waals surface area contributed by atoms with Crippen molar-refractivity contribution in [1.29, 1.82) is 0 Å². The molecule has 4 heteroatoms. The highest BCUT2D eigenvalue weighted by atomic mass is 31.1. The molecule has 0 aliphatic rings. The number of nitrogens with zero attached hydrogens (tertiary/aromatic N) is 2. The van der Waals surface area contributed by atoms with Gasteiger partial charge in [-0.15, -0.1) is 0 Å². The van der Waals surface area contributed by atoms with Crippen LogP contribution in [0.1, 0.15) is 0 Å². The number of benzene rings is 4. The van der Waals surface area contributed by atoms with Gasteiger partial charge < -0.3 is 9.80 Å². The molecule has 2 nitrogen and oxygen atoms in total. The third kappa shape index (κ3) is 8.09. The van der Waals surface area contributed by atoms with Gasteiger partial charge in [0.1, 0.15) is 0 Å². The molecule has 0 N–H and O–H groups in total. The molecule has 0 fully saturated rings. The van der Waals surface area contributed by atoms with E-state index in [4.69, 9.17) is 0 Å². The highest BCUT2D eigenvalue weighted by Crippen LogP contribution is 2.34. The van der Waals surface area contributed by atoms with E-state index in [1.165, 1.54) is 33.5 Å². The van der Waals surface area contributed by atoms with Crippen LogP contribution in [0.4, 0.5) is 0 Å². The Morgan fingerprint density at radius 1 is 0.389 bits per heavy atom. The van der Waals surface area contributed by atoms with Crippen LogP contribution in [-0.4, -0.2) is 62.4 Å². The van der Waals surface area contributed by atoms with E-state index in [1.54, 1.807) is 0 Å². The minimum absolute atomic E-state index is 0.329. The fourth-order valence-corrected chi connectivity index (χ4v) is 9.19. The Morgan fingerprint density at radius 3 is 0.889 bits per heavy atom. The van der Waals surface area contributed by atoms with Crippen molar-refractivity contribution in [2.45, 2.75) is 0 Å². The van der Waals surface area contributed by atoms with Gasteiger partial charge in [-0.05, 0) is 63.5 Å². The van der Waals surface area contributed by atoms with Gasteiger partial charge in [0.2, 0.25) is 0 Å². The molecule has 0 aromatic heterocycles. The van der Waals surface area contributed by atoms with Crippen LogP contribution in [0.5, 0.6) is 0 Å². The van der Waals surface area contributed by atoms with Gasteiger partial charge in [-0.3, -0.25) is 0 Å². The third-order valence-electron chi connectivity index (χ3n) is 6.55. The summed E-state index contributed by atoms with van der Waals surface area (Å²) in [5.41, 5.74) is 0. The summed E-state index contributed by atoms with van der Waals surface area (Å²) < 4.78 is 0. The molecule has 4 aromatic rings. The first-order valence-electron chi connectivity index (χ1n) is 12.8. The molecule has 4 rings (SSSR count). The summed E-state index contributed by atoms with van der Waals surface area (Å²) >= 11 is 0. The Hall–Kier alpha value is -2.34. The highest BCUT2D eigenvalue weighted by Gasteiger charge is 2.16. The Labute approximate surface area is 220 Å². The molecule has 0 aliphatic heterocycles. The maximum atomic E-state index is 2.51. The maximum absolute atomic E-state index is 2.51. The van der Waals surface area contributed by atoms with E-state index in [0.29, 0.717) is 0 Å². The topological polar surface area (TPSA) is 6.48 Å². The van der Waals surface area contributed by atoms with E-state index in [1.807, 2.05) is 0 Å². The Kier molecular flexibility index (Phi) is 10.7. The smallest absolute Gasteiger partial charge is 0.0106 e. The minimum atomic E-state index is -0.329. The van der Waals surface area contributed by atoms with Crippen molar-refractivity contribution in [2.24, 2.45) is 0 Å². The Morgan fingerprint density at radius 2 is 0.639 bits per heavy atom. The van der Waals surface area contributed by atoms with Crippen molar-refractivity contribution in [3.05, 3.63) is 121 Å². The van der Waals surface area contributed by atoms with E-state index < -0.39 is 0 Å². The number of rotatable bonds is 13. The van der Waals surface area contributed by atoms with Gasteiger partial charge in [-0.25, -0.2) is 0 Å². The lowest BCUT2D eigenvalue weighted by Gasteiger charge is -2.26. The molecule has 4 aromatic carbocycles. The van der Waals surface area contributed by atoms with Gasteiger partial charge in [0.05, 0.1) is 0 Å². The van der Waals surface area contributed by atoms with Crippen molar-refractivity contribution in [3.8, 4) is 0 Å². The zero-order chi connectivity index (χ0) is 25.0. The summed E-state index contributed by atoms with van der Waals surface area (Å²) in [5.74, 6) is 0. The zero-order valence-corrected chi connectivity index (χ0v) is 23.4. The van der Waals surface area contributed by atoms with Crippen LogP contribution in [0.3, 0.4) is 0 Å². The van der Waals surface area contributed by atoms with E-state index in [2.05, 4.69) is 145 Å². The fraction of sp³-hybridized carbons (Fsp3) is 0.250. The van der Waals surface area contributed by atoms with Crippen LogP contribution < -0.4 is 21.2 Å². The fourth-order valence-electron chi connectivity index (χ4n) is 4.35. The van der Waals surface area contributed by atoms with Crippen LogP contribution >= 0.6 is 15.8 Å². The lowest BCUT2D eigenvalue weighted by atomic mass is 10.4. The normalized spacial score (nSPS) is 11.6. The number of hydrogen-bond acceptors (Lipinski definition) is 2. The standard InChI is InChI=1S/C32H38N2P2/c1-33(25-27-35(29-15-7-3-8-16-29)30-17-9-4-10-18-30)23-24-34(2)26-28-36(31-19-11-5-12-20-31)32-21-13-6-14-22-32/h3-22H,23-28H2,1-2H3. The monoisotopic (exact) mass is 512 g/mol. The van der Waals surface area contributed by atoms with Crippen LogP contribution in [0, 0.1) is 0 Å². The molecule has 0 saturated carbocycles. The minimum Gasteiger partial charge on any atom is -0.305 e. The van der Waals surface area contributed by atoms with Gasteiger partial charge >= 0.3 is 0 Å². The summed E-state index contributed by atoms with van der Waals surface area (Å²) in [6.07, 6.45) is 2.38. The SMILES string of the molecule is CN(CCN(C)CCP(c1ccccc1)c1ccccc1)CCP(c1ccccc1)c1ccccc1. The van der Waals surface area contributed by atoms with E-state index in [-0.39, 0.29) is 15.8 Å². The summed E-state index contributed by atoms with van der Waals surface area (Å²) in [7, 11) is 3.89. The third-order valence-corrected chi connectivity index (χ3v) is 11.5. The van der Waals surface area contributed by atoms with Gasteiger partial charge in [0.15, 0.2) is 0 Å². The zero-order valence-electron chi connectivity index (χ0n) is 21.6. The van der Waals surface area contributed by atoms with Crippen molar-refractivity contribution < 1.29 is 0 Å². The number of likely N-dealkylation sites (N-methyl/N-ethyl adjacent to an activating group) is 2. The molecular weight excluding hydrogens is 474 g/mol. The predicted octanol–water partition coefficient (Wildman–Crippen LogP) is 5.12. The van der Waals surface area contributed by atoms with Crippen LogP contribution in [0.25, 0.3) is 0 Å².